The molecule has 0 unspecified atom stereocenters. The number of phenols is 1. The zero-order valence-electron chi connectivity index (χ0n) is 15.1. The van der Waals surface area contributed by atoms with Gasteiger partial charge in [-0.15, -0.1) is 11.3 Å². The minimum absolute atomic E-state index is 0.362. The molecule has 2 aliphatic rings. The van der Waals surface area contributed by atoms with Gasteiger partial charge in [-0.1, -0.05) is 12.1 Å². The summed E-state index contributed by atoms with van der Waals surface area (Å²) in [5, 5.41) is 16.6. The van der Waals surface area contributed by atoms with Gasteiger partial charge in [-0.2, -0.15) is 4.98 Å². The van der Waals surface area contributed by atoms with Gasteiger partial charge in [0.2, 0.25) is 5.82 Å². The summed E-state index contributed by atoms with van der Waals surface area (Å²) in [6.45, 7) is 3.94. The number of aryl methyl sites for hydroxylation is 2. The molecule has 5 heteroatoms. The number of aromatic nitrogens is 2. The summed E-state index contributed by atoms with van der Waals surface area (Å²) in [6, 6.07) is 3.88. The predicted octanol–water partition coefficient (Wildman–Crippen LogP) is 5.31. The first-order valence-corrected chi connectivity index (χ1v) is 10.2. The summed E-state index contributed by atoms with van der Waals surface area (Å²) in [6.07, 6.45) is 7.19. The topological polar surface area (TPSA) is 59.2 Å². The average molecular weight is 366 g/mol. The molecule has 0 radical (unpaired) electrons. The van der Waals surface area contributed by atoms with Crippen LogP contribution in [0.3, 0.4) is 0 Å². The number of fused-ring (bicyclic) bond motifs is 1. The molecule has 26 heavy (non-hydrogen) atoms. The van der Waals surface area contributed by atoms with Crippen LogP contribution in [0.5, 0.6) is 5.75 Å². The highest BCUT2D eigenvalue weighted by Gasteiger charge is 2.45. The van der Waals surface area contributed by atoms with Crippen LogP contribution in [0.2, 0.25) is 0 Å². The molecular weight excluding hydrogens is 344 g/mol. The molecule has 0 aliphatic heterocycles. The van der Waals surface area contributed by atoms with Crippen LogP contribution in [0, 0.1) is 12.3 Å². The van der Waals surface area contributed by atoms with Crippen LogP contribution in [0.1, 0.15) is 48.4 Å². The standard InChI is InChI=1S/C21H22N2O2S/c1-3-13-9-14(8-12(2)17(13)24)19-22-20(25-23-19)18-16-4-5-21(6-7-21)10-15(16)11-26-18/h8-9,11,24H,3-7,10H2,1-2H3. The lowest BCUT2D eigenvalue weighted by molar-refractivity contribution is 0.427. The van der Waals surface area contributed by atoms with Crippen molar-refractivity contribution in [3.63, 3.8) is 0 Å². The lowest BCUT2D eigenvalue weighted by Crippen LogP contribution is -2.13. The van der Waals surface area contributed by atoms with Gasteiger partial charge in [0.25, 0.3) is 5.89 Å². The van der Waals surface area contributed by atoms with E-state index in [2.05, 4.69) is 15.5 Å². The van der Waals surface area contributed by atoms with E-state index in [-0.39, 0.29) is 0 Å². The number of aromatic hydroxyl groups is 1. The Balaban J connectivity index is 1.50. The number of hydrogen-bond donors (Lipinski definition) is 1. The van der Waals surface area contributed by atoms with E-state index in [1.807, 2.05) is 26.0 Å². The van der Waals surface area contributed by atoms with Crippen molar-refractivity contribution in [1.82, 2.24) is 10.1 Å². The minimum atomic E-state index is 0.362. The highest BCUT2D eigenvalue weighted by atomic mass is 32.1. The van der Waals surface area contributed by atoms with E-state index in [1.54, 1.807) is 11.3 Å². The van der Waals surface area contributed by atoms with Crippen LogP contribution in [0.4, 0.5) is 0 Å². The number of hydrogen-bond acceptors (Lipinski definition) is 5. The summed E-state index contributed by atoms with van der Waals surface area (Å²) in [7, 11) is 0. The first-order chi connectivity index (χ1) is 12.6. The maximum atomic E-state index is 10.1. The van der Waals surface area contributed by atoms with E-state index in [0.29, 0.717) is 22.9 Å². The maximum absolute atomic E-state index is 10.1. The van der Waals surface area contributed by atoms with Gasteiger partial charge in [0.15, 0.2) is 0 Å². The van der Waals surface area contributed by atoms with Crippen molar-refractivity contribution in [2.24, 2.45) is 5.41 Å². The molecule has 1 aromatic carbocycles. The van der Waals surface area contributed by atoms with Gasteiger partial charge in [-0.25, -0.2) is 0 Å². The van der Waals surface area contributed by atoms with Crippen LogP contribution in [-0.4, -0.2) is 15.2 Å². The summed E-state index contributed by atoms with van der Waals surface area (Å²) < 4.78 is 5.63. The second-order valence-electron chi connectivity index (χ2n) is 7.82. The fourth-order valence-electron chi connectivity index (χ4n) is 4.19. The molecule has 2 aromatic heterocycles. The van der Waals surface area contributed by atoms with Crippen LogP contribution in [0.25, 0.3) is 22.2 Å². The highest BCUT2D eigenvalue weighted by molar-refractivity contribution is 7.13. The highest BCUT2D eigenvalue weighted by Crippen LogP contribution is 2.56. The van der Waals surface area contributed by atoms with Crippen molar-refractivity contribution in [2.45, 2.75) is 52.4 Å². The summed E-state index contributed by atoms with van der Waals surface area (Å²) in [5.41, 5.74) is 6.17. The Morgan fingerprint density at radius 1 is 1.27 bits per heavy atom. The Kier molecular flexibility index (Phi) is 3.51. The van der Waals surface area contributed by atoms with E-state index in [1.165, 1.54) is 36.8 Å². The predicted molar refractivity (Wildman–Crippen MR) is 103 cm³/mol. The van der Waals surface area contributed by atoms with Gasteiger partial charge in [0, 0.05) is 5.56 Å². The van der Waals surface area contributed by atoms with Crippen molar-refractivity contribution < 1.29 is 9.63 Å². The smallest absolute Gasteiger partial charge is 0.268 e. The monoisotopic (exact) mass is 366 g/mol. The molecule has 4 nitrogen and oxygen atoms in total. The molecule has 5 rings (SSSR count). The van der Waals surface area contributed by atoms with Crippen LogP contribution < -0.4 is 0 Å². The SMILES string of the molecule is CCc1cc(-c2noc(-c3scc4c3CCC3(CC3)C4)n2)cc(C)c1O. The number of nitrogens with zero attached hydrogens (tertiary/aromatic N) is 2. The van der Waals surface area contributed by atoms with Crippen molar-refractivity contribution in [3.05, 3.63) is 39.8 Å². The van der Waals surface area contributed by atoms with Crippen LogP contribution in [0.15, 0.2) is 22.0 Å². The first kappa shape index (κ1) is 16.1. The van der Waals surface area contributed by atoms with Crippen molar-refractivity contribution in [3.8, 4) is 27.9 Å². The summed E-state index contributed by atoms with van der Waals surface area (Å²) >= 11 is 1.73. The molecule has 0 amide bonds. The van der Waals surface area contributed by atoms with Gasteiger partial charge < -0.3 is 9.63 Å². The number of thiophene rings is 1. The van der Waals surface area contributed by atoms with E-state index in [9.17, 15) is 5.11 Å². The Labute approximate surface area is 156 Å². The molecule has 1 N–H and O–H groups in total. The lowest BCUT2D eigenvalue weighted by atomic mass is 9.83. The summed E-state index contributed by atoms with van der Waals surface area (Å²) in [4.78, 5) is 5.82. The van der Waals surface area contributed by atoms with Crippen molar-refractivity contribution in [1.29, 1.82) is 0 Å². The molecule has 2 heterocycles. The average Bonchev–Trinajstić information content (AvgIpc) is 3.06. The molecule has 2 aliphatic carbocycles. The molecule has 134 valence electrons. The van der Waals surface area contributed by atoms with E-state index in [0.717, 1.165) is 34.4 Å². The number of rotatable bonds is 3. The minimum Gasteiger partial charge on any atom is -0.507 e. The molecule has 0 atom stereocenters. The van der Waals surface area contributed by atoms with Gasteiger partial charge in [-0.05, 0) is 90.6 Å². The second kappa shape index (κ2) is 5.68. The Morgan fingerprint density at radius 2 is 2.12 bits per heavy atom. The molecule has 0 bridgehead atoms. The van der Waals surface area contributed by atoms with E-state index < -0.39 is 0 Å². The van der Waals surface area contributed by atoms with Crippen LogP contribution >= 0.6 is 11.3 Å². The molecule has 1 fully saturated rings. The Morgan fingerprint density at radius 3 is 2.88 bits per heavy atom. The molecular formula is C21H22N2O2S. The quantitative estimate of drug-likeness (QED) is 0.682. The zero-order chi connectivity index (χ0) is 17.9. The Bertz CT molecular complexity index is 998. The third kappa shape index (κ3) is 2.49. The second-order valence-corrected chi connectivity index (χ2v) is 8.70. The zero-order valence-corrected chi connectivity index (χ0v) is 15.9. The van der Waals surface area contributed by atoms with Gasteiger partial charge in [-0.3, -0.25) is 0 Å². The maximum Gasteiger partial charge on any atom is 0.268 e. The number of benzene rings is 1. The number of phenolic OH excluding ortho intramolecular Hbond substituents is 1. The van der Waals surface area contributed by atoms with E-state index >= 15 is 0 Å². The fourth-order valence-corrected chi connectivity index (χ4v) is 5.24. The van der Waals surface area contributed by atoms with E-state index in [4.69, 9.17) is 4.52 Å². The fraction of sp³-hybridized carbons (Fsp3) is 0.429. The molecule has 1 spiro atoms. The normalized spacial score (nSPS) is 17.5. The largest absolute Gasteiger partial charge is 0.507 e. The van der Waals surface area contributed by atoms with Gasteiger partial charge in [0.05, 0.1) is 4.88 Å². The summed E-state index contributed by atoms with van der Waals surface area (Å²) in [5.74, 6) is 1.58. The van der Waals surface area contributed by atoms with Gasteiger partial charge >= 0.3 is 0 Å². The molecule has 3 aromatic rings. The first-order valence-electron chi connectivity index (χ1n) is 9.35. The van der Waals surface area contributed by atoms with Crippen LogP contribution in [-0.2, 0) is 19.3 Å². The third-order valence-corrected chi connectivity index (χ3v) is 7.11. The lowest BCUT2D eigenvalue weighted by Gasteiger charge is -2.21. The molecule has 1 saturated carbocycles. The van der Waals surface area contributed by atoms with Crippen molar-refractivity contribution in [2.75, 3.05) is 0 Å². The van der Waals surface area contributed by atoms with Gasteiger partial charge in [0.1, 0.15) is 5.75 Å². The third-order valence-electron chi connectivity index (χ3n) is 6.05. The molecule has 0 saturated heterocycles. The Hall–Kier alpha value is -2.14. The van der Waals surface area contributed by atoms with Crippen molar-refractivity contribution >= 4 is 11.3 Å².